The summed E-state index contributed by atoms with van der Waals surface area (Å²) in [5.74, 6) is 1.58. The molecule has 1 atom stereocenters. The first-order chi connectivity index (χ1) is 26.8. The van der Waals surface area contributed by atoms with Crippen LogP contribution >= 0.6 is 0 Å². The molecule has 6 nitrogen and oxygen atoms in total. The highest BCUT2D eigenvalue weighted by Gasteiger charge is 2.54. The highest BCUT2D eigenvalue weighted by Crippen LogP contribution is 2.63. The number of rotatable bonds is 2. The maximum absolute atomic E-state index is 7.79. The Hall–Kier alpha value is -7.49. The molecule has 0 bridgehead atoms. The van der Waals surface area contributed by atoms with Crippen LogP contribution < -0.4 is 4.74 Å². The summed E-state index contributed by atoms with van der Waals surface area (Å²) in [5, 5.41) is 4.52. The van der Waals surface area contributed by atoms with E-state index >= 15 is 0 Å². The molecule has 0 fully saturated rings. The first-order valence-corrected chi connectivity index (χ1v) is 18.0. The number of fused-ring (bicyclic) bond motifs is 15. The van der Waals surface area contributed by atoms with Crippen LogP contribution in [-0.2, 0) is 5.41 Å². The number of hydrogen-bond acceptors (Lipinski definition) is 3. The van der Waals surface area contributed by atoms with E-state index in [2.05, 4.69) is 141 Å². The molecule has 0 N–H and O–H groups in total. The third-order valence-electron chi connectivity index (χ3n) is 11.5. The van der Waals surface area contributed by atoms with Gasteiger partial charge in [0.05, 0.1) is 63.0 Å². The van der Waals surface area contributed by atoms with Crippen LogP contribution in [0, 0.1) is 6.57 Å². The predicted molar refractivity (Wildman–Crippen MR) is 214 cm³/mol. The van der Waals surface area contributed by atoms with Gasteiger partial charge in [0.2, 0.25) is 0 Å². The van der Waals surface area contributed by atoms with E-state index in [4.69, 9.17) is 21.3 Å². The van der Waals surface area contributed by atoms with Crippen LogP contribution in [0.25, 0.3) is 71.2 Å². The molecule has 54 heavy (non-hydrogen) atoms. The largest absolute Gasteiger partial charge is 0.457 e. The summed E-state index contributed by atoms with van der Waals surface area (Å²) in [4.78, 5) is 14.2. The maximum Gasteiger partial charge on any atom is 0.188 e. The molecule has 1 unspecified atom stereocenters. The second-order valence-electron chi connectivity index (χ2n) is 14.0. The zero-order valence-electron chi connectivity index (χ0n) is 28.7. The van der Waals surface area contributed by atoms with Crippen molar-refractivity contribution in [3.63, 3.8) is 0 Å². The summed E-state index contributed by atoms with van der Waals surface area (Å²) >= 11 is 0. The van der Waals surface area contributed by atoms with Gasteiger partial charge < -0.3 is 13.9 Å². The van der Waals surface area contributed by atoms with Crippen molar-refractivity contribution in [2.75, 3.05) is 0 Å². The van der Waals surface area contributed by atoms with Crippen LogP contribution in [0.4, 0.5) is 5.69 Å². The summed E-state index contributed by atoms with van der Waals surface area (Å²) < 4.78 is 11.6. The Balaban J connectivity index is 1.24. The molecule has 2 aliphatic rings. The van der Waals surface area contributed by atoms with Gasteiger partial charge in [-0.2, -0.15) is 0 Å². The molecule has 0 saturated heterocycles. The highest BCUT2D eigenvalue weighted by molar-refractivity contribution is 6.11. The van der Waals surface area contributed by atoms with E-state index in [-0.39, 0.29) is 0 Å². The van der Waals surface area contributed by atoms with Gasteiger partial charge in [-0.1, -0.05) is 91.0 Å². The number of benzene rings is 6. The monoisotopic (exact) mass is 689 g/mol. The maximum atomic E-state index is 7.79. The topological polar surface area (TPSA) is 49.2 Å². The molecule has 0 saturated carbocycles. The van der Waals surface area contributed by atoms with Gasteiger partial charge in [-0.15, -0.1) is 0 Å². The van der Waals surface area contributed by atoms with E-state index in [0.29, 0.717) is 5.69 Å². The third kappa shape index (κ3) is 3.58. The number of nitrogens with zero attached hydrogens (tertiary/aromatic N) is 5. The number of ether oxygens (including phenoxy) is 1. The van der Waals surface area contributed by atoms with Gasteiger partial charge in [0.25, 0.3) is 0 Å². The summed E-state index contributed by atoms with van der Waals surface area (Å²) in [5.41, 5.74) is 12.0. The molecular formula is C48H27N5O. The van der Waals surface area contributed by atoms with Crippen LogP contribution in [0.1, 0.15) is 22.3 Å². The molecule has 1 aliphatic heterocycles. The average Bonchev–Trinajstić information content (AvgIpc) is 3.85. The normalized spacial score (nSPS) is 15.2. The van der Waals surface area contributed by atoms with Crippen molar-refractivity contribution in [1.29, 1.82) is 0 Å². The van der Waals surface area contributed by atoms with E-state index in [9.17, 15) is 0 Å². The lowest BCUT2D eigenvalue weighted by Crippen LogP contribution is -2.33. The fourth-order valence-electron chi connectivity index (χ4n) is 9.43. The molecule has 1 aliphatic carbocycles. The molecular weight excluding hydrogens is 663 g/mol. The first-order valence-electron chi connectivity index (χ1n) is 18.0. The van der Waals surface area contributed by atoms with Crippen LogP contribution in [0.2, 0.25) is 0 Å². The molecule has 6 aromatic carbocycles. The molecule has 0 radical (unpaired) electrons. The zero-order chi connectivity index (χ0) is 35.5. The van der Waals surface area contributed by atoms with Gasteiger partial charge in [0, 0.05) is 39.0 Å². The fraction of sp³-hybridized carbons (Fsp3) is 0.0208. The Morgan fingerprint density at radius 1 is 0.519 bits per heavy atom. The van der Waals surface area contributed by atoms with Crippen molar-refractivity contribution in [3.8, 4) is 34.3 Å². The summed E-state index contributed by atoms with van der Waals surface area (Å²) in [7, 11) is 0. The van der Waals surface area contributed by atoms with E-state index in [0.717, 1.165) is 89.4 Å². The van der Waals surface area contributed by atoms with Crippen LogP contribution in [0.15, 0.2) is 164 Å². The van der Waals surface area contributed by atoms with Crippen molar-refractivity contribution in [2.24, 2.45) is 0 Å². The second kappa shape index (κ2) is 10.5. The Morgan fingerprint density at radius 2 is 1.15 bits per heavy atom. The number of pyridine rings is 2. The molecule has 10 aromatic rings. The third-order valence-corrected chi connectivity index (χ3v) is 11.5. The molecule has 1 spiro atoms. The lowest BCUT2D eigenvalue weighted by Gasteiger charge is -2.40. The number of aromatic nitrogens is 4. The van der Waals surface area contributed by atoms with Gasteiger partial charge in [-0.25, -0.2) is 4.85 Å². The summed E-state index contributed by atoms with van der Waals surface area (Å²) in [6.45, 7) is 7.79. The van der Waals surface area contributed by atoms with E-state index in [1.807, 2.05) is 36.7 Å². The Bertz CT molecular complexity index is 3240. The Morgan fingerprint density at radius 3 is 1.93 bits per heavy atom. The van der Waals surface area contributed by atoms with Crippen molar-refractivity contribution < 1.29 is 4.74 Å². The smallest absolute Gasteiger partial charge is 0.188 e. The molecule has 4 aromatic heterocycles. The van der Waals surface area contributed by atoms with Gasteiger partial charge >= 0.3 is 0 Å². The standard InChI is InChI=1S/C48H27N5O/c1-49-29-23-24-41-34(26-29)33-14-4-8-19-40(33)53(41)42-20-10-22-44-45(42)48(35-15-5-9-21-43(35)54-44)36-16-11-25-50-46(36)47-37(48)27-30(28-51-47)52-38-17-6-2-12-31(38)32-13-3-7-18-39(32)52/h2-28H. The SMILES string of the molecule is [C-]#[N+]c1ccc2c(c1)c1ccccc1n2-c1cccc2c1C1(c3ccccc3O2)c2cccnc2-c2ncc(-n3c4ccccc4c4ccccc43)cc21. The molecule has 12 rings (SSSR count). The van der Waals surface area contributed by atoms with E-state index in [1.54, 1.807) is 0 Å². The molecule has 6 heteroatoms. The van der Waals surface area contributed by atoms with Crippen LogP contribution in [-0.4, -0.2) is 19.1 Å². The summed E-state index contributed by atoms with van der Waals surface area (Å²) in [6, 6.07) is 53.0. The minimum atomic E-state index is -0.838. The first kappa shape index (κ1) is 29.1. The van der Waals surface area contributed by atoms with E-state index < -0.39 is 5.41 Å². The summed E-state index contributed by atoms with van der Waals surface area (Å²) in [6.07, 6.45) is 3.86. The number of hydrogen-bond donors (Lipinski definition) is 0. The van der Waals surface area contributed by atoms with Gasteiger partial charge in [0.1, 0.15) is 11.5 Å². The van der Waals surface area contributed by atoms with Gasteiger partial charge in [-0.05, 0) is 71.6 Å². The van der Waals surface area contributed by atoms with E-state index in [1.165, 1.54) is 10.8 Å². The average molecular weight is 690 g/mol. The van der Waals surface area contributed by atoms with Gasteiger partial charge in [0.15, 0.2) is 5.69 Å². The zero-order valence-corrected chi connectivity index (χ0v) is 28.7. The Kier molecular flexibility index (Phi) is 5.68. The fourth-order valence-corrected chi connectivity index (χ4v) is 9.43. The van der Waals surface area contributed by atoms with Crippen molar-refractivity contribution >= 4 is 49.3 Å². The lowest BCUT2D eigenvalue weighted by atomic mass is 9.65. The quantitative estimate of drug-likeness (QED) is 0.170. The lowest BCUT2D eigenvalue weighted by molar-refractivity contribution is 0.435. The van der Waals surface area contributed by atoms with Crippen molar-refractivity contribution in [2.45, 2.75) is 5.41 Å². The van der Waals surface area contributed by atoms with Crippen molar-refractivity contribution in [1.82, 2.24) is 19.1 Å². The minimum absolute atomic E-state index is 0.614. The molecule has 0 amide bonds. The van der Waals surface area contributed by atoms with Crippen LogP contribution in [0.5, 0.6) is 11.5 Å². The predicted octanol–water partition coefficient (Wildman–Crippen LogP) is 11.7. The minimum Gasteiger partial charge on any atom is -0.457 e. The van der Waals surface area contributed by atoms with Crippen LogP contribution in [0.3, 0.4) is 0 Å². The number of para-hydroxylation sites is 4. The molecule has 250 valence electrons. The molecule has 5 heterocycles. The highest BCUT2D eigenvalue weighted by atomic mass is 16.5. The Labute approximate surface area is 309 Å². The van der Waals surface area contributed by atoms with Crippen molar-refractivity contribution in [3.05, 3.63) is 198 Å². The second-order valence-corrected chi connectivity index (χ2v) is 14.0. The van der Waals surface area contributed by atoms with Gasteiger partial charge in [-0.3, -0.25) is 9.97 Å².